The van der Waals surface area contributed by atoms with Crippen molar-refractivity contribution in [3.05, 3.63) is 89.0 Å². The maximum atomic E-state index is 13.7. The van der Waals surface area contributed by atoms with Gasteiger partial charge in [0, 0.05) is 18.7 Å². The zero-order valence-corrected chi connectivity index (χ0v) is 21.6. The lowest BCUT2D eigenvalue weighted by Gasteiger charge is -2.21. The minimum Gasteiger partial charge on any atom is -0.279 e. The predicted molar refractivity (Wildman–Crippen MR) is 140 cm³/mol. The van der Waals surface area contributed by atoms with Crippen molar-refractivity contribution in [1.82, 2.24) is 9.29 Å². The van der Waals surface area contributed by atoms with E-state index in [2.05, 4.69) is 13.0 Å². The maximum absolute atomic E-state index is 13.7. The van der Waals surface area contributed by atoms with E-state index in [1.54, 1.807) is 24.1 Å². The maximum Gasteiger partial charge on any atom is 0.260 e. The number of aryl methyl sites for hydroxylation is 2. The number of aromatic nitrogens is 1. The Labute approximate surface area is 209 Å². The summed E-state index contributed by atoms with van der Waals surface area (Å²) < 4.78 is 28.2. The van der Waals surface area contributed by atoms with Crippen molar-refractivity contribution in [2.75, 3.05) is 11.9 Å². The fourth-order valence-corrected chi connectivity index (χ4v) is 6.49. The highest BCUT2D eigenvalue weighted by Crippen LogP contribution is 2.34. The first-order chi connectivity index (χ1) is 16.8. The van der Waals surface area contributed by atoms with Gasteiger partial charge in [-0.25, -0.2) is 13.4 Å². The molecule has 1 aliphatic rings. The molecule has 1 aliphatic carbocycles. The summed E-state index contributed by atoms with van der Waals surface area (Å²) >= 11 is 1.48. The molecule has 6 nitrogen and oxygen atoms in total. The van der Waals surface area contributed by atoms with Gasteiger partial charge in [-0.3, -0.25) is 9.69 Å². The van der Waals surface area contributed by atoms with E-state index in [-0.39, 0.29) is 16.8 Å². The van der Waals surface area contributed by atoms with E-state index in [4.69, 9.17) is 4.98 Å². The van der Waals surface area contributed by atoms with E-state index in [0.29, 0.717) is 17.2 Å². The van der Waals surface area contributed by atoms with Crippen LogP contribution in [0.3, 0.4) is 0 Å². The van der Waals surface area contributed by atoms with Crippen LogP contribution in [-0.4, -0.2) is 36.7 Å². The summed E-state index contributed by atoms with van der Waals surface area (Å²) in [5.74, 6) is -0.221. The van der Waals surface area contributed by atoms with Crippen LogP contribution >= 0.6 is 11.3 Å². The van der Waals surface area contributed by atoms with Crippen molar-refractivity contribution >= 4 is 42.6 Å². The van der Waals surface area contributed by atoms with Crippen molar-refractivity contribution in [3.8, 4) is 0 Å². The number of benzene rings is 3. The van der Waals surface area contributed by atoms with Crippen LogP contribution in [0.5, 0.6) is 0 Å². The molecule has 0 saturated heterocycles. The Morgan fingerprint density at radius 3 is 2.34 bits per heavy atom. The number of sulfonamides is 1. The molecule has 1 saturated carbocycles. The van der Waals surface area contributed by atoms with Crippen molar-refractivity contribution in [3.63, 3.8) is 0 Å². The van der Waals surface area contributed by atoms with Gasteiger partial charge in [-0.1, -0.05) is 47.7 Å². The summed E-state index contributed by atoms with van der Waals surface area (Å²) in [6.45, 7) is 4.46. The van der Waals surface area contributed by atoms with Gasteiger partial charge in [0.15, 0.2) is 5.13 Å². The summed E-state index contributed by atoms with van der Waals surface area (Å²) in [5, 5.41) is 0.618. The number of rotatable bonds is 7. The van der Waals surface area contributed by atoms with E-state index >= 15 is 0 Å². The molecule has 1 heterocycles. The van der Waals surface area contributed by atoms with Crippen LogP contribution < -0.4 is 4.90 Å². The molecule has 35 heavy (non-hydrogen) atoms. The van der Waals surface area contributed by atoms with Gasteiger partial charge in [-0.05, 0) is 73.7 Å². The molecule has 0 bridgehead atoms. The molecule has 1 aromatic heterocycles. The zero-order chi connectivity index (χ0) is 24.7. The number of carbonyl (C=O) groups is 1. The molecular weight excluding hydrogens is 478 g/mol. The van der Waals surface area contributed by atoms with Crippen molar-refractivity contribution < 1.29 is 13.2 Å². The quantitative estimate of drug-likeness (QED) is 0.331. The summed E-state index contributed by atoms with van der Waals surface area (Å²) in [6, 6.07) is 20.2. The van der Waals surface area contributed by atoms with Crippen molar-refractivity contribution in [2.45, 2.75) is 44.2 Å². The van der Waals surface area contributed by atoms with Crippen LogP contribution in [0.25, 0.3) is 10.2 Å². The highest BCUT2D eigenvalue weighted by atomic mass is 32.2. The molecule has 0 spiro atoms. The lowest BCUT2D eigenvalue weighted by molar-refractivity contribution is 0.0985. The molecule has 1 amide bonds. The van der Waals surface area contributed by atoms with Crippen LogP contribution in [0.2, 0.25) is 0 Å². The molecular formula is C27H27N3O3S2. The average Bonchev–Trinajstić information content (AvgIpc) is 3.63. The molecule has 0 radical (unpaired) electrons. The monoisotopic (exact) mass is 505 g/mol. The van der Waals surface area contributed by atoms with Gasteiger partial charge in [0.05, 0.1) is 21.7 Å². The highest BCUT2D eigenvalue weighted by Gasteiger charge is 2.35. The van der Waals surface area contributed by atoms with Crippen LogP contribution in [0, 0.1) is 13.8 Å². The number of anilines is 1. The zero-order valence-electron chi connectivity index (χ0n) is 19.9. The number of amides is 1. The van der Waals surface area contributed by atoms with Crippen molar-refractivity contribution in [1.29, 1.82) is 0 Å². The molecule has 1 fully saturated rings. The molecule has 0 unspecified atom stereocenters. The van der Waals surface area contributed by atoms with Crippen molar-refractivity contribution in [2.24, 2.45) is 0 Å². The third-order valence-electron chi connectivity index (χ3n) is 6.57. The Bertz CT molecular complexity index is 1490. The SMILES string of the molecule is Cc1ccc2sc(N(Cc3ccccc3)C(=O)c3ccc(S(=O)(=O)N(C)C4CC4)cc3)nc2c1C. The first-order valence-electron chi connectivity index (χ1n) is 11.6. The molecule has 8 heteroatoms. The highest BCUT2D eigenvalue weighted by molar-refractivity contribution is 7.89. The summed E-state index contributed by atoms with van der Waals surface area (Å²) in [5.41, 5.74) is 4.56. The second kappa shape index (κ2) is 9.18. The molecule has 5 rings (SSSR count). The molecule has 180 valence electrons. The van der Waals surface area contributed by atoms with Gasteiger partial charge < -0.3 is 0 Å². The fourth-order valence-electron chi connectivity index (χ4n) is 4.05. The molecule has 0 aliphatic heterocycles. The average molecular weight is 506 g/mol. The van der Waals surface area contributed by atoms with Crippen LogP contribution in [0.4, 0.5) is 5.13 Å². The number of carbonyl (C=O) groups excluding carboxylic acids is 1. The lowest BCUT2D eigenvalue weighted by Crippen LogP contribution is -2.31. The first kappa shape index (κ1) is 23.7. The Morgan fingerprint density at radius 1 is 1.00 bits per heavy atom. The van der Waals surface area contributed by atoms with E-state index in [1.807, 2.05) is 43.3 Å². The molecule has 3 aromatic carbocycles. The number of nitrogens with zero attached hydrogens (tertiary/aromatic N) is 3. The third-order valence-corrected chi connectivity index (χ3v) is 9.54. The Hall–Kier alpha value is -3.07. The Kier molecular flexibility index (Phi) is 6.21. The van der Waals surface area contributed by atoms with Gasteiger partial charge in [-0.15, -0.1) is 0 Å². The number of hydrogen-bond donors (Lipinski definition) is 0. The topological polar surface area (TPSA) is 70.6 Å². The van der Waals surface area contributed by atoms with Crippen LogP contribution in [0.1, 0.15) is 39.9 Å². The van der Waals surface area contributed by atoms with Crippen LogP contribution in [0.15, 0.2) is 71.6 Å². The second-order valence-electron chi connectivity index (χ2n) is 9.00. The van der Waals surface area contributed by atoms with Gasteiger partial charge in [0.1, 0.15) is 0 Å². The van der Waals surface area contributed by atoms with Gasteiger partial charge in [0.2, 0.25) is 10.0 Å². The number of fused-ring (bicyclic) bond motifs is 1. The van der Waals surface area contributed by atoms with E-state index in [1.165, 1.54) is 27.8 Å². The Morgan fingerprint density at radius 2 is 1.69 bits per heavy atom. The lowest BCUT2D eigenvalue weighted by atomic mass is 10.1. The summed E-state index contributed by atoms with van der Waals surface area (Å²) in [7, 11) is -1.95. The minimum atomic E-state index is -3.57. The third kappa shape index (κ3) is 4.61. The van der Waals surface area contributed by atoms with E-state index in [9.17, 15) is 13.2 Å². The van der Waals surface area contributed by atoms with Gasteiger partial charge >= 0.3 is 0 Å². The number of hydrogen-bond acceptors (Lipinski definition) is 5. The molecule has 4 aromatic rings. The summed E-state index contributed by atoms with van der Waals surface area (Å²) in [4.78, 5) is 20.4. The van der Waals surface area contributed by atoms with E-state index < -0.39 is 10.0 Å². The fraction of sp³-hybridized carbons (Fsp3) is 0.259. The van der Waals surface area contributed by atoms with Gasteiger partial charge in [-0.2, -0.15) is 4.31 Å². The van der Waals surface area contributed by atoms with Crippen LogP contribution in [-0.2, 0) is 16.6 Å². The largest absolute Gasteiger partial charge is 0.279 e. The number of thiazole rings is 1. The Balaban J connectivity index is 1.50. The standard InChI is InChI=1S/C27H27N3O3S2/c1-18-9-16-24-25(19(18)2)28-27(34-24)30(17-20-7-5-4-6-8-20)26(31)21-10-14-23(15-11-21)35(32,33)29(3)22-12-13-22/h4-11,14-16,22H,12-13,17H2,1-3H3. The molecule has 0 atom stereocenters. The normalized spacial score (nSPS) is 13.9. The second-order valence-corrected chi connectivity index (χ2v) is 12.0. The predicted octanol–water partition coefficient (Wildman–Crippen LogP) is 5.54. The first-order valence-corrected chi connectivity index (χ1v) is 13.8. The van der Waals surface area contributed by atoms with E-state index in [0.717, 1.165) is 39.7 Å². The summed E-state index contributed by atoms with van der Waals surface area (Å²) in [6.07, 6.45) is 1.78. The smallest absolute Gasteiger partial charge is 0.260 e. The van der Waals surface area contributed by atoms with Gasteiger partial charge in [0.25, 0.3) is 5.91 Å². The minimum absolute atomic E-state index is 0.0776. The molecule has 0 N–H and O–H groups in total.